The summed E-state index contributed by atoms with van der Waals surface area (Å²) in [5, 5.41) is 8.20. The second-order valence-corrected chi connectivity index (χ2v) is 11.0. The highest BCUT2D eigenvalue weighted by atomic mass is 19.4. The molecule has 13 heteroatoms. The van der Waals surface area contributed by atoms with Crippen LogP contribution in [0.4, 0.5) is 18.0 Å². The fourth-order valence-electron chi connectivity index (χ4n) is 5.09. The Morgan fingerprint density at radius 2 is 1.67 bits per heavy atom. The normalized spacial score (nSPS) is 16.0. The van der Waals surface area contributed by atoms with Crippen LogP contribution < -0.4 is 16.0 Å². The molecule has 0 spiro atoms. The molecule has 2 aromatic carbocycles. The molecule has 4 amide bonds. The second-order valence-electron chi connectivity index (χ2n) is 11.0. The number of alkyl carbamates (subject to hydrolysis) is 1. The summed E-state index contributed by atoms with van der Waals surface area (Å²) >= 11 is 0. The van der Waals surface area contributed by atoms with Crippen molar-refractivity contribution in [1.29, 1.82) is 0 Å². The molecular weight excluding hydrogens is 591 g/mol. The summed E-state index contributed by atoms with van der Waals surface area (Å²) in [5.41, 5.74) is 1.62. The maximum Gasteiger partial charge on any atom is 0.471 e. The first-order valence-electron chi connectivity index (χ1n) is 15.1. The number of hydrogen-bond acceptors (Lipinski definition) is 6. The smallest absolute Gasteiger partial charge is 0.445 e. The molecule has 1 saturated heterocycles. The summed E-state index contributed by atoms with van der Waals surface area (Å²) in [5.74, 6) is -2.81. The Morgan fingerprint density at radius 3 is 2.29 bits per heavy atom. The molecule has 3 N–H and O–H groups in total. The van der Waals surface area contributed by atoms with Gasteiger partial charge in [-0.05, 0) is 57.2 Å². The van der Waals surface area contributed by atoms with Crippen molar-refractivity contribution in [2.75, 3.05) is 33.2 Å². The van der Waals surface area contributed by atoms with E-state index in [2.05, 4.69) is 16.0 Å². The lowest BCUT2D eigenvalue weighted by atomic mass is 10.1. The fourth-order valence-corrected chi connectivity index (χ4v) is 5.09. The maximum atomic E-state index is 13.8. The summed E-state index contributed by atoms with van der Waals surface area (Å²) in [4.78, 5) is 53.2. The highest BCUT2D eigenvalue weighted by Crippen LogP contribution is 2.24. The molecule has 246 valence electrons. The lowest BCUT2D eigenvalue weighted by Crippen LogP contribution is -2.55. The Labute approximate surface area is 261 Å². The van der Waals surface area contributed by atoms with E-state index in [1.807, 2.05) is 30.3 Å². The zero-order valence-electron chi connectivity index (χ0n) is 25.6. The molecule has 2 aromatic rings. The van der Waals surface area contributed by atoms with E-state index in [4.69, 9.17) is 4.74 Å². The predicted molar refractivity (Wildman–Crippen MR) is 162 cm³/mol. The van der Waals surface area contributed by atoms with E-state index in [0.29, 0.717) is 19.3 Å². The van der Waals surface area contributed by atoms with Crippen LogP contribution in [0.3, 0.4) is 0 Å². The van der Waals surface area contributed by atoms with Crippen LogP contribution in [0, 0.1) is 0 Å². The van der Waals surface area contributed by atoms with Gasteiger partial charge in [0.2, 0.25) is 11.8 Å². The summed E-state index contributed by atoms with van der Waals surface area (Å²) in [6, 6.07) is 15.8. The average molecular weight is 634 g/mol. The third kappa shape index (κ3) is 11.4. The monoisotopic (exact) mass is 633 g/mol. The minimum absolute atomic E-state index is 0.0985. The van der Waals surface area contributed by atoms with Crippen molar-refractivity contribution in [1.82, 2.24) is 25.8 Å². The highest BCUT2D eigenvalue weighted by molar-refractivity contribution is 5.90. The van der Waals surface area contributed by atoms with Crippen LogP contribution in [0.25, 0.3) is 0 Å². The predicted octanol–water partition coefficient (Wildman–Crippen LogP) is 3.41. The first kappa shape index (κ1) is 35.4. The number of nitrogens with zero attached hydrogens (tertiary/aromatic N) is 2. The number of alkyl halides is 3. The molecule has 0 bridgehead atoms. The lowest BCUT2D eigenvalue weighted by Gasteiger charge is -2.33. The lowest BCUT2D eigenvalue weighted by molar-refractivity contribution is -0.186. The molecule has 1 aliphatic rings. The number of amides is 4. The van der Waals surface area contributed by atoms with E-state index in [9.17, 15) is 32.3 Å². The topological polar surface area (TPSA) is 120 Å². The minimum Gasteiger partial charge on any atom is -0.445 e. The molecule has 1 fully saturated rings. The number of hydrogen-bond donors (Lipinski definition) is 3. The van der Waals surface area contributed by atoms with E-state index < -0.39 is 48.1 Å². The van der Waals surface area contributed by atoms with Gasteiger partial charge in [0.05, 0.1) is 6.04 Å². The third-order valence-corrected chi connectivity index (χ3v) is 7.73. The SMILES string of the molecule is CN[C@@H](C)C(=O)N[C@@H](CCCNC(=O)OCc1ccccc1)C(=O)N1CCC[C@H]1CN(CCc1ccccc1)C(=O)C(F)(F)F. The van der Waals surface area contributed by atoms with Gasteiger partial charge in [-0.15, -0.1) is 0 Å². The number of benzene rings is 2. The molecule has 0 radical (unpaired) electrons. The van der Waals surface area contributed by atoms with E-state index in [0.717, 1.165) is 16.0 Å². The molecule has 0 aliphatic carbocycles. The number of likely N-dealkylation sites (tertiary alicyclic amines) is 1. The van der Waals surface area contributed by atoms with E-state index >= 15 is 0 Å². The average Bonchev–Trinajstić information content (AvgIpc) is 3.50. The molecule has 1 heterocycles. The van der Waals surface area contributed by atoms with Gasteiger partial charge >= 0.3 is 18.2 Å². The number of carbonyl (C=O) groups excluding carboxylic acids is 4. The zero-order chi connectivity index (χ0) is 32.8. The fraction of sp³-hybridized carbons (Fsp3) is 0.500. The Hall–Kier alpha value is -4.13. The van der Waals surface area contributed by atoms with Gasteiger partial charge in [0.15, 0.2) is 0 Å². The Balaban J connectivity index is 1.64. The molecule has 0 unspecified atom stereocenters. The van der Waals surface area contributed by atoms with Gasteiger partial charge < -0.3 is 30.5 Å². The van der Waals surface area contributed by atoms with Crippen LogP contribution in [0.1, 0.15) is 43.7 Å². The number of likely N-dealkylation sites (N-methyl/N-ethyl adjacent to an activating group) is 1. The van der Waals surface area contributed by atoms with E-state index in [1.54, 1.807) is 44.3 Å². The quantitative estimate of drug-likeness (QED) is 0.259. The highest BCUT2D eigenvalue weighted by Gasteiger charge is 2.44. The van der Waals surface area contributed by atoms with Crippen LogP contribution in [-0.2, 0) is 32.1 Å². The molecule has 3 atom stereocenters. The van der Waals surface area contributed by atoms with Gasteiger partial charge in [-0.25, -0.2) is 4.79 Å². The standard InChI is InChI=1S/C32H42F3N5O5/c1-23(36-2)28(41)38-27(16-9-18-37-31(44)45-22-25-13-7-4-8-14-25)29(42)40-19-10-15-26(40)21-39(30(43)32(33,34)35)20-17-24-11-5-3-6-12-24/h3-8,11-14,23,26-27,36H,9-10,15-22H2,1-2H3,(H,37,44)(H,38,41)/t23-,26-,27-/m0/s1. The molecule has 0 aromatic heterocycles. The van der Waals surface area contributed by atoms with Gasteiger partial charge in [0, 0.05) is 32.2 Å². The zero-order valence-corrected chi connectivity index (χ0v) is 25.6. The number of carbonyl (C=O) groups is 4. The van der Waals surface area contributed by atoms with Crippen molar-refractivity contribution in [3.63, 3.8) is 0 Å². The van der Waals surface area contributed by atoms with Crippen molar-refractivity contribution in [3.8, 4) is 0 Å². The Bertz CT molecular complexity index is 1250. The van der Waals surface area contributed by atoms with Crippen LogP contribution in [0.5, 0.6) is 0 Å². The Kier molecular flexibility index (Phi) is 13.7. The van der Waals surface area contributed by atoms with Gasteiger partial charge in [-0.1, -0.05) is 60.7 Å². The van der Waals surface area contributed by atoms with Crippen LogP contribution in [-0.4, -0.2) is 91.1 Å². The number of rotatable bonds is 15. The van der Waals surface area contributed by atoms with Gasteiger partial charge in [0.25, 0.3) is 0 Å². The van der Waals surface area contributed by atoms with E-state index in [1.165, 1.54) is 4.90 Å². The summed E-state index contributed by atoms with van der Waals surface area (Å²) in [6.45, 7) is 1.75. The van der Waals surface area contributed by atoms with Gasteiger partial charge in [0.1, 0.15) is 12.6 Å². The number of nitrogens with one attached hydrogen (secondary N) is 3. The van der Waals surface area contributed by atoms with E-state index in [-0.39, 0.29) is 45.6 Å². The largest absolute Gasteiger partial charge is 0.471 e. The first-order valence-corrected chi connectivity index (χ1v) is 15.1. The minimum atomic E-state index is -5.06. The van der Waals surface area contributed by atoms with Crippen LogP contribution >= 0.6 is 0 Å². The third-order valence-electron chi connectivity index (χ3n) is 7.73. The Morgan fingerprint density at radius 1 is 1.02 bits per heavy atom. The van der Waals surface area contributed by atoms with Crippen molar-refractivity contribution in [3.05, 3.63) is 71.8 Å². The van der Waals surface area contributed by atoms with Crippen LogP contribution in [0.2, 0.25) is 0 Å². The number of halogens is 3. The molecule has 10 nitrogen and oxygen atoms in total. The molecule has 45 heavy (non-hydrogen) atoms. The van der Waals surface area contributed by atoms with Gasteiger partial charge in [-0.2, -0.15) is 13.2 Å². The molecular formula is C32H42F3N5O5. The van der Waals surface area contributed by atoms with Crippen LogP contribution in [0.15, 0.2) is 60.7 Å². The van der Waals surface area contributed by atoms with Crippen molar-refractivity contribution >= 4 is 23.8 Å². The summed E-state index contributed by atoms with van der Waals surface area (Å²) < 4.78 is 45.8. The van der Waals surface area contributed by atoms with Gasteiger partial charge in [-0.3, -0.25) is 14.4 Å². The van der Waals surface area contributed by atoms with Crippen molar-refractivity contribution in [2.45, 2.75) is 69.9 Å². The van der Waals surface area contributed by atoms with Crippen molar-refractivity contribution in [2.24, 2.45) is 0 Å². The molecule has 1 aliphatic heterocycles. The maximum absolute atomic E-state index is 13.8. The molecule has 0 saturated carbocycles. The summed E-state index contributed by atoms with van der Waals surface area (Å²) in [6.07, 6.45) is -4.00. The summed E-state index contributed by atoms with van der Waals surface area (Å²) in [7, 11) is 1.60. The number of ether oxygens (including phenoxy) is 1. The second kappa shape index (κ2) is 17.4. The first-order chi connectivity index (χ1) is 21.5. The molecule has 3 rings (SSSR count). The van der Waals surface area contributed by atoms with Crippen molar-refractivity contribution < 1.29 is 37.1 Å².